The molecule has 198 valence electrons. The van der Waals surface area contributed by atoms with Crippen LogP contribution in [0.4, 0.5) is 0 Å². The fraction of sp³-hybridized carbons (Fsp3) is 0. The molecular formula is C29H23ClN2O6S. The molecule has 0 fully saturated rings. The lowest BCUT2D eigenvalue weighted by molar-refractivity contribution is -2.00. The number of hydrogen-bond acceptors (Lipinski definition) is 6. The first-order chi connectivity index (χ1) is 18.5. The van der Waals surface area contributed by atoms with E-state index in [1.165, 1.54) is 0 Å². The van der Waals surface area contributed by atoms with Crippen molar-refractivity contribution in [3.63, 3.8) is 0 Å². The van der Waals surface area contributed by atoms with Crippen LogP contribution < -0.4 is 28.3 Å². The van der Waals surface area contributed by atoms with Crippen LogP contribution in [0.3, 0.4) is 0 Å². The van der Waals surface area contributed by atoms with E-state index in [-0.39, 0.29) is 4.90 Å². The van der Waals surface area contributed by atoms with Gasteiger partial charge in [0.05, 0.1) is 4.90 Å². The standard InChI is InChI=1S/C29H23N2O2S.ClHO4/c30-34(32,33)27-18-16-26(17-19-27)31-28(23-12-6-2-7-13-23)20-25(22-10-4-1-5-11-22)21-29(31)24-14-8-3-9-15-24;2-1(3,4)5/h1-21H,(H2,30,32,33);(H,2,3,4,5)/q+1;/p-1. The van der Waals surface area contributed by atoms with Crippen molar-refractivity contribution in [2.75, 3.05) is 0 Å². The van der Waals surface area contributed by atoms with E-state index < -0.39 is 20.3 Å². The van der Waals surface area contributed by atoms with Crippen LogP contribution >= 0.6 is 0 Å². The molecule has 0 saturated heterocycles. The summed E-state index contributed by atoms with van der Waals surface area (Å²) in [6.45, 7) is 0. The zero-order chi connectivity index (χ0) is 28.0. The Hall–Kier alpha value is -3.93. The van der Waals surface area contributed by atoms with E-state index in [4.69, 9.17) is 23.8 Å². The van der Waals surface area contributed by atoms with Gasteiger partial charge in [0, 0.05) is 35.4 Å². The monoisotopic (exact) mass is 562 g/mol. The predicted octanol–water partition coefficient (Wildman–Crippen LogP) is 0.856. The van der Waals surface area contributed by atoms with E-state index in [1.54, 1.807) is 24.3 Å². The topological polar surface area (TPSA) is 156 Å². The Morgan fingerprint density at radius 1 is 0.538 bits per heavy atom. The fourth-order valence-electron chi connectivity index (χ4n) is 4.10. The van der Waals surface area contributed by atoms with E-state index in [0.717, 1.165) is 39.3 Å². The second-order valence-electron chi connectivity index (χ2n) is 8.36. The van der Waals surface area contributed by atoms with Crippen molar-refractivity contribution in [2.45, 2.75) is 4.90 Å². The normalized spacial score (nSPS) is 11.4. The maximum absolute atomic E-state index is 11.8. The van der Waals surface area contributed by atoms with E-state index in [0.29, 0.717) is 0 Å². The summed E-state index contributed by atoms with van der Waals surface area (Å²) in [7, 11) is -8.72. The lowest BCUT2D eigenvalue weighted by atomic mass is 9.98. The molecule has 0 unspecified atom stereocenters. The Kier molecular flexibility index (Phi) is 8.54. The van der Waals surface area contributed by atoms with E-state index in [9.17, 15) is 8.42 Å². The molecule has 0 aliphatic heterocycles. The third kappa shape index (κ3) is 7.56. The zero-order valence-corrected chi connectivity index (χ0v) is 22.0. The highest BCUT2D eigenvalue weighted by Crippen LogP contribution is 2.30. The van der Waals surface area contributed by atoms with Crippen LogP contribution in [0.15, 0.2) is 132 Å². The fourth-order valence-corrected chi connectivity index (χ4v) is 4.61. The third-order valence-electron chi connectivity index (χ3n) is 5.74. The summed E-state index contributed by atoms with van der Waals surface area (Å²) in [5, 5.41) is 5.34. The molecule has 0 aliphatic rings. The molecule has 8 nitrogen and oxygen atoms in total. The van der Waals surface area contributed by atoms with Crippen molar-refractivity contribution in [3.8, 4) is 39.3 Å². The van der Waals surface area contributed by atoms with Crippen LogP contribution in [0.2, 0.25) is 0 Å². The van der Waals surface area contributed by atoms with Gasteiger partial charge < -0.3 is 0 Å². The van der Waals surface area contributed by atoms with Gasteiger partial charge in [-0.3, -0.25) is 0 Å². The summed E-state index contributed by atoms with van der Waals surface area (Å²) in [6, 6.07) is 41.7. The molecule has 0 amide bonds. The first kappa shape index (κ1) is 28.1. The highest BCUT2D eigenvalue weighted by Gasteiger charge is 2.25. The molecule has 4 aromatic carbocycles. The molecule has 5 rings (SSSR count). The first-order valence-corrected chi connectivity index (χ1v) is 14.3. The minimum atomic E-state index is -4.94. The highest BCUT2D eigenvalue weighted by atomic mass is 35.7. The number of rotatable bonds is 5. The van der Waals surface area contributed by atoms with Gasteiger partial charge in [0.1, 0.15) is 0 Å². The lowest BCUT2D eigenvalue weighted by Crippen LogP contribution is -2.68. The van der Waals surface area contributed by atoms with Crippen molar-refractivity contribution >= 4 is 10.0 Å². The van der Waals surface area contributed by atoms with E-state index in [1.807, 2.05) is 54.6 Å². The minimum Gasteiger partial charge on any atom is -0.225 e. The number of nitrogens with two attached hydrogens (primary N) is 1. The van der Waals surface area contributed by atoms with Crippen LogP contribution in [-0.4, -0.2) is 8.42 Å². The molecule has 1 aromatic heterocycles. The third-order valence-corrected chi connectivity index (χ3v) is 6.67. The smallest absolute Gasteiger partial charge is 0.225 e. The maximum Gasteiger partial charge on any atom is 0.238 e. The SMILES string of the molecule is NS(=O)(=O)c1ccc(-[n+]2c(-c3ccccc3)cc(-c3ccccc3)cc2-c2ccccc2)cc1.[O-][Cl+3]([O-])([O-])[O-]. The van der Waals surface area contributed by atoms with Crippen molar-refractivity contribution in [1.82, 2.24) is 0 Å². The molecule has 0 atom stereocenters. The van der Waals surface area contributed by atoms with Crippen LogP contribution in [0.5, 0.6) is 0 Å². The zero-order valence-electron chi connectivity index (χ0n) is 20.4. The van der Waals surface area contributed by atoms with E-state index >= 15 is 0 Å². The van der Waals surface area contributed by atoms with Crippen molar-refractivity contribution in [1.29, 1.82) is 0 Å². The van der Waals surface area contributed by atoms with Crippen LogP contribution in [0, 0.1) is 10.2 Å². The van der Waals surface area contributed by atoms with Crippen molar-refractivity contribution in [3.05, 3.63) is 127 Å². The van der Waals surface area contributed by atoms with Gasteiger partial charge in [-0.2, -0.15) is 4.57 Å². The van der Waals surface area contributed by atoms with Gasteiger partial charge in [0.2, 0.25) is 27.1 Å². The second-order valence-corrected chi connectivity index (χ2v) is 10.7. The average molecular weight is 563 g/mol. The van der Waals surface area contributed by atoms with Gasteiger partial charge in [-0.1, -0.05) is 66.7 Å². The quantitative estimate of drug-likeness (QED) is 0.313. The molecule has 2 N–H and O–H groups in total. The van der Waals surface area contributed by atoms with Gasteiger partial charge >= 0.3 is 0 Å². The molecule has 0 spiro atoms. The number of hydrogen-bond donors (Lipinski definition) is 1. The van der Waals surface area contributed by atoms with Gasteiger partial charge in [-0.15, -0.1) is 10.2 Å². The Morgan fingerprint density at radius 2 is 0.897 bits per heavy atom. The summed E-state index contributed by atoms with van der Waals surface area (Å²) < 4.78 is 59.8. The summed E-state index contributed by atoms with van der Waals surface area (Å²) in [5.41, 5.74) is 7.13. The molecule has 0 bridgehead atoms. The number of nitrogens with zero attached hydrogens (tertiary/aromatic N) is 1. The number of halogens is 1. The molecular weight excluding hydrogens is 540 g/mol. The van der Waals surface area contributed by atoms with Gasteiger partial charge in [-0.25, -0.2) is 32.2 Å². The molecule has 0 saturated carbocycles. The number of primary sulfonamides is 1. The largest absolute Gasteiger partial charge is 0.238 e. The Balaban J connectivity index is 0.000000648. The van der Waals surface area contributed by atoms with Gasteiger partial charge in [-0.05, 0) is 47.5 Å². The van der Waals surface area contributed by atoms with Gasteiger partial charge in [0.25, 0.3) is 0 Å². The summed E-state index contributed by atoms with van der Waals surface area (Å²) >= 11 is 0. The predicted molar refractivity (Wildman–Crippen MR) is 136 cm³/mol. The summed E-state index contributed by atoms with van der Waals surface area (Å²) in [4.78, 5) is 0.0836. The Morgan fingerprint density at radius 3 is 1.26 bits per heavy atom. The van der Waals surface area contributed by atoms with Crippen LogP contribution in [0.25, 0.3) is 39.3 Å². The molecule has 10 heteroatoms. The summed E-state index contributed by atoms with van der Waals surface area (Å²) in [6.07, 6.45) is 0. The van der Waals surface area contributed by atoms with Gasteiger partial charge in [0.15, 0.2) is 0 Å². The number of pyridine rings is 1. The maximum atomic E-state index is 11.8. The highest BCUT2D eigenvalue weighted by molar-refractivity contribution is 7.89. The molecule has 39 heavy (non-hydrogen) atoms. The minimum absolute atomic E-state index is 0.0836. The number of aromatic nitrogens is 1. The average Bonchev–Trinajstić information content (AvgIpc) is 2.92. The van der Waals surface area contributed by atoms with Crippen LogP contribution in [0.1, 0.15) is 0 Å². The molecule has 0 radical (unpaired) electrons. The summed E-state index contributed by atoms with van der Waals surface area (Å²) in [5.74, 6) is 0. The van der Waals surface area contributed by atoms with E-state index in [2.05, 4.69) is 53.1 Å². The van der Waals surface area contributed by atoms with Crippen molar-refractivity contribution in [2.24, 2.45) is 5.14 Å². The molecule has 1 heterocycles. The second kappa shape index (κ2) is 11.9. The molecule has 5 aromatic rings. The Labute approximate surface area is 228 Å². The first-order valence-electron chi connectivity index (χ1n) is 11.5. The Bertz CT molecular complexity index is 1580. The molecule has 0 aliphatic carbocycles. The van der Waals surface area contributed by atoms with Crippen molar-refractivity contribution < 1.29 is 41.9 Å². The lowest BCUT2D eigenvalue weighted by Gasteiger charge is -2.17. The van der Waals surface area contributed by atoms with Crippen LogP contribution in [-0.2, 0) is 10.0 Å². The number of sulfonamides is 1. The number of benzene rings is 4.